The Morgan fingerprint density at radius 2 is 1.75 bits per heavy atom. The zero-order chi connectivity index (χ0) is 14.9. The average molecular weight is 284 g/mol. The third kappa shape index (κ3) is 2.64. The first-order chi connectivity index (χ1) is 9.43. The van der Waals surface area contributed by atoms with Crippen LogP contribution >= 0.6 is 0 Å². The van der Waals surface area contributed by atoms with Crippen molar-refractivity contribution in [3.63, 3.8) is 0 Å². The third-order valence-electron chi connectivity index (χ3n) is 3.65. The van der Waals surface area contributed by atoms with Crippen LogP contribution in [0.15, 0.2) is 12.1 Å². The maximum Gasteiger partial charge on any atom is 0.306 e. The van der Waals surface area contributed by atoms with Crippen LogP contribution in [0.2, 0.25) is 0 Å². The van der Waals surface area contributed by atoms with Crippen LogP contribution in [0.3, 0.4) is 0 Å². The van der Waals surface area contributed by atoms with Gasteiger partial charge in [-0.25, -0.2) is 8.78 Å². The summed E-state index contributed by atoms with van der Waals surface area (Å²) in [4.78, 5) is 23.0. The molecule has 4 nitrogen and oxygen atoms in total. The van der Waals surface area contributed by atoms with Gasteiger partial charge >= 0.3 is 5.97 Å². The van der Waals surface area contributed by atoms with Crippen molar-refractivity contribution in [3.05, 3.63) is 29.3 Å². The normalized spacial score (nSPS) is 21.8. The second-order valence-electron chi connectivity index (χ2n) is 4.88. The van der Waals surface area contributed by atoms with Gasteiger partial charge in [0, 0.05) is 18.1 Å². The van der Waals surface area contributed by atoms with Gasteiger partial charge in [-0.05, 0) is 19.3 Å². The highest BCUT2D eigenvalue weighted by Gasteiger charge is 2.36. The molecule has 108 valence electrons. The number of ether oxygens (including phenoxy) is 1. The van der Waals surface area contributed by atoms with Crippen LogP contribution in [-0.2, 0) is 4.79 Å². The number of methoxy groups -OCH3 is 1. The zero-order valence-electron chi connectivity index (χ0n) is 10.9. The molecule has 0 amide bonds. The predicted molar refractivity (Wildman–Crippen MR) is 65.7 cm³/mol. The second kappa shape index (κ2) is 5.56. The molecule has 20 heavy (non-hydrogen) atoms. The smallest absolute Gasteiger partial charge is 0.306 e. The van der Waals surface area contributed by atoms with E-state index in [9.17, 15) is 18.4 Å². The molecule has 1 aromatic carbocycles. The number of rotatable bonds is 4. The number of halogens is 2. The molecule has 0 aliphatic heterocycles. The highest BCUT2D eigenvalue weighted by molar-refractivity contribution is 5.99. The largest absolute Gasteiger partial charge is 0.497 e. The minimum Gasteiger partial charge on any atom is -0.497 e. The number of carbonyl (C=O) groups is 2. The van der Waals surface area contributed by atoms with Gasteiger partial charge in [0.25, 0.3) is 0 Å². The lowest BCUT2D eigenvalue weighted by Gasteiger charge is -2.11. The Labute approximate surface area is 114 Å². The number of hydrogen-bond donors (Lipinski definition) is 1. The summed E-state index contributed by atoms with van der Waals surface area (Å²) in [7, 11) is 1.27. The van der Waals surface area contributed by atoms with Crippen molar-refractivity contribution in [1.82, 2.24) is 0 Å². The topological polar surface area (TPSA) is 63.6 Å². The average Bonchev–Trinajstić information content (AvgIpc) is 2.87. The van der Waals surface area contributed by atoms with Crippen molar-refractivity contribution in [2.75, 3.05) is 7.11 Å². The second-order valence-corrected chi connectivity index (χ2v) is 4.88. The molecule has 1 fully saturated rings. The number of carboxylic acids is 1. The summed E-state index contributed by atoms with van der Waals surface area (Å²) in [5.41, 5.74) is -0.609. The van der Waals surface area contributed by atoms with E-state index in [1.54, 1.807) is 0 Å². The molecule has 0 spiro atoms. The molecule has 1 aliphatic rings. The summed E-state index contributed by atoms with van der Waals surface area (Å²) < 4.78 is 32.3. The lowest BCUT2D eigenvalue weighted by molar-refractivity contribution is -0.141. The van der Waals surface area contributed by atoms with Crippen LogP contribution < -0.4 is 4.74 Å². The maximum absolute atomic E-state index is 13.8. The summed E-state index contributed by atoms with van der Waals surface area (Å²) >= 11 is 0. The van der Waals surface area contributed by atoms with Crippen LogP contribution in [-0.4, -0.2) is 24.0 Å². The SMILES string of the molecule is COc1cc(F)c(C(=O)C2CCC(C(=O)O)C2)c(F)c1. The molecule has 2 atom stereocenters. The summed E-state index contributed by atoms with van der Waals surface area (Å²) in [6.45, 7) is 0. The lowest BCUT2D eigenvalue weighted by atomic mass is 9.94. The Morgan fingerprint density at radius 1 is 1.20 bits per heavy atom. The number of carboxylic acid groups (broad SMARTS) is 1. The Hall–Kier alpha value is -1.98. The molecule has 2 rings (SSSR count). The van der Waals surface area contributed by atoms with Crippen LogP contribution in [0.25, 0.3) is 0 Å². The molecule has 0 radical (unpaired) electrons. The van der Waals surface area contributed by atoms with Crippen LogP contribution in [0.4, 0.5) is 8.78 Å². The van der Waals surface area contributed by atoms with Gasteiger partial charge in [0.1, 0.15) is 17.4 Å². The molecule has 0 saturated heterocycles. The van der Waals surface area contributed by atoms with E-state index in [1.165, 1.54) is 7.11 Å². The van der Waals surface area contributed by atoms with Gasteiger partial charge in [0.05, 0.1) is 18.6 Å². The number of aliphatic carboxylic acids is 1. The molecule has 0 bridgehead atoms. The van der Waals surface area contributed by atoms with E-state index in [0.717, 1.165) is 12.1 Å². The molecular formula is C14H14F2O4. The minimum atomic E-state index is -0.981. The standard InChI is InChI=1S/C14H14F2O4/c1-20-9-5-10(15)12(11(16)6-9)13(17)7-2-3-8(4-7)14(18)19/h5-8H,2-4H2,1H3,(H,18,19). The summed E-state index contributed by atoms with van der Waals surface area (Å²) in [5.74, 6) is -4.88. The molecule has 6 heteroatoms. The van der Waals surface area contributed by atoms with E-state index in [1.807, 2.05) is 0 Å². The summed E-state index contributed by atoms with van der Waals surface area (Å²) in [6, 6.07) is 1.89. The Bertz CT molecular complexity index is 533. The molecule has 1 N–H and O–H groups in total. The van der Waals surface area contributed by atoms with E-state index < -0.39 is 40.8 Å². The van der Waals surface area contributed by atoms with Crippen molar-refractivity contribution >= 4 is 11.8 Å². The fourth-order valence-corrected chi connectivity index (χ4v) is 2.55. The number of hydrogen-bond acceptors (Lipinski definition) is 3. The number of carbonyl (C=O) groups excluding carboxylic acids is 1. The quantitative estimate of drug-likeness (QED) is 0.863. The monoisotopic (exact) mass is 284 g/mol. The molecule has 1 saturated carbocycles. The zero-order valence-corrected chi connectivity index (χ0v) is 10.9. The third-order valence-corrected chi connectivity index (χ3v) is 3.65. The van der Waals surface area contributed by atoms with Crippen LogP contribution in [0, 0.1) is 23.5 Å². The van der Waals surface area contributed by atoms with Crippen molar-refractivity contribution in [1.29, 1.82) is 0 Å². The van der Waals surface area contributed by atoms with Crippen molar-refractivity contribution < 1.29 is 28.2 Å². The lowest BCUT2D eigenvalue weighted by Crippen LogP contribution is -2.17. The first-order valence-corrected chi connectivity index (χ1v) is 6.24. The first-order valence-electron chi connectivity index (χ1n) is 6.24. The van der Waals surface area contributed by atoms with Gasteiger partial charge in [0.2, 0.25) is 0 Å². The molecular weight excluding hydrogens is 270 g/mol. The highest BCUT2D eigenvalue weighted by Crippen LogP contribution is 2.35. The summed E-state index contributed by atoms with van der Waals surface area (Å²) in [6.07, 6.45) is 0.810. The van der Waals surface area contributed by atoms with Gasteiger partial charge in [-0.2, -0.15) is 0 Å². The number of Topliss-reactive ketones (excluding diaryl/α,β-unsaturated/α-hetero) is 1. The molecule has 1 aliphatic carbocycles. The first kappa shape index (κ1) is 14.4. The molecule has 1 aromatic rings. The molecule has 2 unspecified atom stereocenters. The summed E-state index contributed by atoms with van der Waals surface area (Å²) in [5, 5.41) is 8.88. The Balaban J connectivity index is 2.24. The van der Waals surface area contributed by atoms with Crippen LogP contribution in [0.5, 0.6) is 5.75 Å². The maximum atomic E-state index is 13.8. The van der Waals surface area contributed by atoms with Gasteiger partial charge in [-0.1, -0.05) is 0 Å². The van der Waals surface area contributed by atoms with E-state index in [0.29, 0.717) is 12.8 Å². The van der Waals surface area contributed by atoms with E-state index in [4.69, 9.17) is 9.84 Å². The van der Waals surface area contributed by atoms with Gasteiger partial charge < -0.3 is 9.84 Å². The molecule has 0 heterocycles. The predicted octanol–water partition coefficient (Wildman–Crippen LogP) is 2.66. The minimum absolute atomic E-state index is 0.00798. The van der Waals surface area contributed by atoms with E-state index in [-0.39, 0.29) is 12.2 Å². The molecule has 0 aromatic heterocycles. The van der Waals surface area contributed by atoms with Crippen molar-refractivity contribution in [3.8, 4) is 5.75 Å². The number of benzene rings is 1. The van der Waals surface area contributed by atoms with E-state index >= 15 is 0 Å². The fraction of sp³-hybridized carbons (Fsp3) is 0.429. The van der Waals surface area contributed by atoms with E-state index in [2.05, 4.69) is 0 Å². The Morgan fingerprint density at radius 3 is 2.20 bits per heavy atom. The fourth-order valence-electron chi connectivity index (χ4n) is 2.55. The van der Waals surface area contributed by atoms with Gasteiger partial charge in [-0.3, -0.25) is 9.59 Å². The van der Waals surface area contributed by atoms with Crippen molar-refractivity contribution in [2.45, 2.75) is 19.3 Å². The van der Waals surface area contributed by atoms with Crippen molar-refractivity contribution in [2.24, 2.45) is 11.8 Å². The van der Waals surface area contributed by atoms with Gasteiger partial charge in [-0.15, -0.1) is 0 Å². The number of ketones is 1. The van der Waals surface area contributed by atoms with Gasteiger partial charge in [0.15, 0.2) is 5.78 Å². The van der Waals surface area contributed by atoms with Crippen LogP contribution in [0.1, 0.15) is 29.6 Å². The highest BCUT2D eigenvalue weighted by atomic mass is 19.1. The Kier molecular flexibility index (Phi) is 4.01.